The molecule has 3 rings (SSSR count). The van der Waals surface area contributed by atoms with Gasteiger partial charge < -0.3 is 15.0 Å². The van der Waals surface area contributed by atoms with Crippen LogP contribution < -0.4 is 15.6 Å². The fourth-order valence-corrected chi connectivity index (χ4v) is 2.47. The van der Waals surface area contributed by atoms with Gasteiger partial charge >= 0.3 is 6.18 Å². The summed E-state index contributed by atoms with van der Waals surface area (Å²) < 4.78 is 43.4. The van der Waals surface area contributed by atoms with E-state index in [4.69, 9.17) is 4.74 Å². The van der Waals surface area contributed by atoms with Crippen LogP contribution in [-0.4, -0.2) is 23.0 Å². The average Bonchev–Trinajstić information content (AvgIpc) is 2.65. The van der Waals surface area contributed by atoms with Crippen molar-refractivity contribution < 1.29 is 22.7 Å². The summed E-state index contributed by atoms with van der Waals surface area (Å²) in [5.74, 6) is -0.314. The third-order valence-electron chi connectivity index (χ3n) is 3.83. The lowest BCUT2D eigenvalue weighted by atomic mass is 10.1. The van der Waals surface area contributed by atoms with E-state index in [1.165, 1.54) is 7.11 Å². The number of rotatable bonds is 4. The molecule has 0 aliphatic rings. The van der Waals surface area contributed by atoms with Crippen LogP contribution in [0.25, 0.3) is 10.9 Å². The number of aromatic nitrogens is 2. The summed E-state index contributed by atoms with van der Waals surface area (Å²) in [6.07, 6.45) is -4.58. The van der Waals surface area contributed by atoms with Gasteiger partial charge in [-0.3, -0.25) is 9.59 Å². The molecule has 0 saturated carbocycles. The van der Waals surface area contributed by atoms with Gasteiger partial charge in [0.1, 0.15) is 5.75 Å². The fourth-order valence-electron chi connectivity index (χ4n) is 2.47. The van der Waals surface area contributed by atoms with Crippen molar-refractivity contribution in [2.45, 2.75) is 12.7 Å². The van der Waals surface area contributed by atoms with E-state index in [9.17, 15) is 22.8 Å². The van der Waals surface area contributed by atoms with Crippen molar-refractivity contribution in [1.29, 1.82) is 0 Å². The molecule has 27 heavy (non-hydrogen) atoms. The Morgan fingerprint density at radius 1 is 1.22 bits per heavy atom. The largest absolute Gasteiger partial charge is 0.497 e. The third kappa shape index (κ3) is 4.08. The van der Waals surface area contributed by atoms with Gasteiger partial charge in [0.25, 0.3) is 11.5 Å². The number of fused-ring (bicyclic) bond motifs is 1. The van der Waals surface area contributed by atoms with Crippen LogP contribution in [-0.2, 0) is 12.7 Å². The van der Waals surface area contributed by atoms with Gasteiger partial charge in [0.05, 0.1) is 23.6 Å². The number of aromatic amines is 1. The van der Waals surface area contributed by atoms with Crippen molar-refractivity contribution in [3.63, 3.8) is 0 Å². The van der Waals surface area contributed by atoms with E-state index in [-0.39, 0.29) is 23.3 Å². The number of hydrogen-bond acceptors (Lipinski definition) is 4. The number of carbonyl (C=O) groups is 1. The number of H-pyrrole nitrogens is 1. The first kappa shape index (κ1) is 18.4. The predicted molar refractivity (Wildman–Crippen MR) is 91.5 cm³/mol. The minimum Gasteiger partial charge on any atom is -0.497 e. The number of methoxy groups -OCH3 is 1. The molecule has 9 heteroatoms. The average molecular weight is 377 g/mol. The van der Waals surface area contributed by atoms with Crippen molar-refractivity contribution in [3.8, 4) is 5.75 Å². The standard InChI is InChI=1S/C18H14F3N3O3/c1-27-12-4-2-3-10(7-12)9-22-17(26)15-23-14-6-5-11(18(19,20)21)8-13(14)16(25)24-15/h2-8H,9H2,1H3,(H,22,26)(H,23,24,25). The van der Waals surface area contributed by atoms with Crippen molar-refractivity contribution in [3.05, 3.63) is 69.8 Å². The third-order valence-corrected chi connectivity index (χ3v) is 3.83. The molecule has 140 valence electrons. The summed E-state index contributed by atoms with van der Waals surface area (Å²) in [5, 5.41) is 2.35. The van der Waals surface area contributed by atoms with Gasteiger partial charge in [-0.1, -0.05) is 12.1 Å². The molecule has 0 bridgehead atoms. The molecule has 1 amide bonds. The Kier molecular flexibility index (Phi) is 4.85. The van der Waals surface area contributed by atoms with Gasteiger partial charge in [-0.05, 0) is 35.9 Å². The summed E-state index contributed by atoms with van der Waals surface area (Å²) in [6, 6.07) is 9.60. The summed E-state index contributed by atoms with van der Waals surface area (Å²) in [7, 11) is 1.52. The molecule has 0 atom stereocenters. The Balaban J connectivity index is 1.83. The lowest BCUT2D eigenvalue weighted by Gasteiger charge is -2.09. The molecule has 0 spiro atoms. The van der Waals surface area contributed by atoms with Crippen LogP contribution in [0.5, 0.6) is 5.75 Å². The molecule has 0 aliphatic carbocycles. The number of alkyl halides is 3. The van der Waals surface area contributed by atoms with Crippen molar-refractivity contribution in [1.82, 2.24) is 15.3 Å². The van der Waals surface area contributed by atoms with Crippen LogP contribution in [0.4, 0.5) is 13.2 Å². The number of halogens is 3. The molecule has 0 radical (unpaired) electrons. The normalized spacial score (nSPS) is 11.4. The van der Waals surface area contributed by atoms with Gasteiger partial charge in [-0.15, -0.1) is 0 Å². The molecule has 0 saturated heterocycles. The van der Waals surface area contributed by atoms with Crippen molar-refractivity contribution in [2.75, 3.05) is 7.11 Å². The van der Waals surface area contributed by atoms with Gasteiger partial charge in [0, 0.05) is 6.54 Å². The second-order valence-electron chi connectivity index (χ2n) is 5.68. The van der Waals surface area contributed by atoms with E-state index < -0.39 is 23.2 Å². The second kappa shape index (κ2) is 7.10. The van der Waals surface area contributed by atoms with E-state index in [0.29, 0.717) is 11.8 Å². The fraction of sp³-hybridized carbons (Fsp3) is 0.167. The lowest BCUT2D eigenvalue weighted by molar-refractivity contribution is -0.137. The number of carbonyl (C=O) groups excluding carboxylic acids is 1. The minimum atomic E-state index is -4.58. The zero-order chi connectivity index (χ0) is 19.6. The summed E-state index contributed by atoms with van der Waals surface area (Å²) >= 11 is 0. The van der Waals surface area contributed by atoms with Crippen LogP contribution in [0.3, 0.4) is 0 Å². The Labute approximate surface area is 151 Å². The maximum absolute atomic E-state index is 12.8. The highest BCUT2D eigenvalue weighted by Crippen LogP contribution is 2.30. The van der Waals surface area contributed by atoms with Crippen LogP contribution in [0.1, 0.15) is 21.7 Å². The van der Waals surface area contributed by atoms with E-state index in [2.05, 4.69) is 15.3 Å². The molecule has 0 unspecified atom stereocenters. The van der Waals surface area contributed by atoms with Gasteiger partial charge in [-0.25, -0.2) is 4.98 Å². The second-order valence-corrected chi connectivity index (χ2v) is 5.68. The molecular weight excluding hydrogens is 363 g/mol. The molecule has 0 fully saturated rings. The van der Waals surface area contributed by atoms with Crippen molar-refractivity contribution in [2.24, 2.45) is 0 Å². The number of hydrogen-bond donors (Lipinski definition) is 2. The van der Waals surface area contributed by atoms with Crippen LogP contribution in [0.2, 0.25) is 0 Å². The molecule has 2 N–H and O–H groups in total. The number of amides is 1. The number of ether oxygens (including phenoxy) is 1. The summed E-state index contributed by atoms with van der Waals surface area (Å²) in [5.41, 5.74) is -1.02. The van der Waals surface area contributed by atoms with Crippen LogP contribution >= 0.6 is 0 Å². The maximum atomic E-state index is 12.8. The smallest absolute Gasteiger partial charge is 0.416 e. The van der Waals surface area contributed by atoms with E-state index in [1.807, 2.05) is 0 Å². The van der Waals surface area contributed by atoms with Crippen LogP contribution in [0.15, 0.2) is 47.3 Å². The predicted octanol–water partition coefficient (Wildman–Crippen LogP) is 2.88. The quantitative estimate of drug-likeness (QED) is 0.732. The lowest BCUT2D eigenvalue weighted by Crippen LogP contribution is -2.27. The van der Waals surface area contributed by atoms with Gasteiger partial charge in [0.15, 0.2) is 5.82 Å². The molecule has 1 aromatic heterocycles. The summed E-state index contributed by atoms with van der Waals surface area (Å²) in [4.78, 5) is 30.5. The van der Waals surface area contributed by atoms with Gasteiger partial charge in [-0.2, -0.15) is 13.2 Å². The number of nitrogens with one attached hydrogen (secondary N) is 2. The molecule has 0 aliphatic heterocycles. The van der Waals surface area contributed by atoms with Crippen LogP contribution in [0, 0.1) is 0 Å². The first-order chi connectivity index (χ1) is 12.8. The van der Waals surface area contributed by atoms with E-state index in [1.54, 1.807) is 24.3 Å². The summed E-state index contributed by atoms with van der Waals surface area (Å²) in [6.45, 7) is 0.158. The zero-order valence-corrected chi connectivity index (χ0v) is 14.1. The Morgan fingerprint density at radius 2 is 2.00 bits per heavy atom. The Bertz CT molecular complexity index is 1060. The Morgan fingerprint density at radius 3 is 2.70 bits per heavy atom. The molecule has 3 aromatic rings. The van der Waals surface area contributed by atoms with E-state index >= 15 is 0 Å². The molecule has 6 nitrogen and oxygen atoms in total. The minimum absolute atomic E-state index is 0.00159. The zero-order valence-electron chi connectivity index (χ0n) is 14.1. The first-order valence-corrected chi connectivity index (χ1v) is 7.80. The van der Waals surface area contributed by atoms with Gasteiger partial charge in [0.2, 0.25) is 0 Å². The number of benzene rings is 2. The van der Waals surface area contributed by atoms with E-state index in [0.717, 1.165) is 17.7 Å². The monoisotopic (exact) mass is 377 g/mol. The molecule has 1 heterocycles. The number of nitrogens with zero attached hydrogens (tertiary/aromatic N) is 1. The highest BCUT2D eigenvalue weighted by Gasteiger charge is 2.30. The van der Waals surface area contributed by atoms with Crippen molar-refractivity contribution >= 4 is 16.8 Å². The maximum Gasteiger partial charge on any atom is 0.416 e. The molecular formula is C18H14F3N3O3. The first-order valence-electron chi connectivity index (χ1n) is 7.80. The highest BCUT2D eigenvalue weighted by molar-refractivity contribution is 5.92. The highest BCUT2D eigenvalue weighted by atomic mass is 19.4. The Hall–Kier alpha value is -3.36. The molecule has 2 aromatic carbocycles. The SMILES string of the molecule is COc1cccc(CNC(=O)c2nc3ccc(C(F)(F)F)cc3c(=O)[nH]2)c1. The topological polar surface area (TPSA) is 84.1 Å².